The second kappa shape index (κ2) is 5.02. The Morgan fingerprint density at radius 3 is 2.40 bits per heavy atom. The minimum absolute atomic E-state index is 0.345. The summed E-state index contributed by atoms with van der Waals surface area (Å²) < 4.78 is 1.39. The standard InChI is InChI=1S/C3H7.S.Sn.H/c1-3-2;;;/h1,3H2,2H3;;;. The first kappa shape index (κ1) is 6.02. The number of hydrogen-bond acceptors (Lipinski definition) is 1. The van der Waals surface area contributed by atoms with Crippen molar-refractivity contribution in [2.45, 2.75) is 17.8 Å². The second-order valence-electron chi connectivity index (χ2n) is 0.955. The van der Waals surface area contributed by atoms with Gasteiger partial charge in [0.15, 0.2) is 0 Å². The summed E-state index contributed by atoms with van der Waals surface area (Å²) in [5.41, 5.74) is 0. The third kappa shape index (κ3) is 5.02. The molecule has 2 heteroatoms. The Morgan fingerprint density at radius 1 is 1.80 bits per heavy atom. The SMILES string of the molecule is CC[CH2][SnH]=[S]. The van der Waals surface area contributed by atoms with Crippen LogP contribution in [0, 0.1) is 0 Å². The molecule has 0 aromatic rings. The summed E-state index contributed by atoms with van der Waals surface area (Å²) in [5.74, 6) is 0. The fourth-order valence-electron chi connectivity index (χ4n) is 0.118. The van der Waals surface area contributed by atoms with E-state index in [0.29, 0.717) is 0 Å². The topological polar surface area (TPSA) is 0 Å². The molecule has 0 aliphatic heterocycles. The molecule has 30 valence electrons. The van der Waals surface area contributed by atoms with Crippen LogP contribution in [0.2, 0.25) is 4.44 Å². The summed E-state index contributed by atoms with van der Waals surface area (Å²) in [6.07, 6.45) is 1.32. The van der Waals surface area contributed by atoms with Gasteiger partial charge in [-0.2, -0.15) is 0 Å². The third-order valence-corrected chi connectivity index (χ3v) is 4.31. The summed E-state index contributed by atoms with van der Waals surface area (Å²) >= 11 is -0.345. The molecule has 0 spiro atoms. The van der Waals surface area contributed by atoms with Crippen LogP contribution in [0.1, 0.15) is 13.3 Å². The zero-order valence-corrected chi connectivity index (χ0v) is 7.51. The van der Waals surface area contributed by atoms with E-state index in [1.54, 1.807) is 0 Å². The molecule has 0 radical (unpaired) electrons. The van der Waals surface area contributed by atoms with Gasteiger partial charge in [0.1, 0.15) is 0 Å². The van der Waals surface area contributed by atoms with E-state index in [2.05, 4.69) is 6.92 Å². The van der Waals surface area contributed by atoms with Crippen molar-refractivity contribution >= 4 is 28.5 Å². The molecule has 0 amide bonds. The van der Waals surface area contributed by atoms with Crippen LogP contribution in [0.15, 0.2) is 0 Å². The molecule has 0 aromatic carbocycles. The van der Waals surface area contributed by atoms with Gasteiger partial charge in [0, 0.05) is 0 Å². The van der Waals surface area contributed by atoms with Gasteiger partial charge in [-0.15, -0.1) is 0 Å². The molecule has 0 nitrogen and oxygen atoms in total. The Balaban J connectivity index is 2.40. The van der Waals surface area contributed by atoms with Gasteiger partial charge in [-0.05, 0) is 0 Å². The predicted molar refractivity (Wildman–Crippen MR) is 29.8 cm³/mol. The zero-order valence-electron chi connectivity index (χ0n) is 3.40. The van der Waals surface area contributed by atoms with E-state index in [4.69, 9.17) is 9.29 Å². The van der Waals surface area contributed by atoms with Crippen molar-refractivity contribution in [1.82, 2.24) is 0 Å². The van der Waals surface area contributed by atoms with Gasteiger partial charge in [-0.1, -0.05) is 0 Å². The van der Waals surface area contributed by atoms with E-state index in [0.717, 1.165) is 0 Å². The van der Waals surface area contributed by atoms with Crippen molar-refractivity contribution in [3.8, 4) is 0 Å². The summed E-state index contributed by atoms with van der Waals surface area (Å²) in [5, 5.41) is 0. The molecule has 0 saturated carbocycles. The molecule has 0 aromatic heterocycles. The van der Waals surface area contributed by atoms with E-state index >= 15 is 0 Å². The van der Waals surface area contributed by atoms with Crippen molar-refractivity contribution in [2.24, 2.45) is 0 Å². The van der Waals surface area contributed by atoms with Crippen LogP contribution in [0.25, 0.3) is 0 Å². The maximum absolute atomic E-state index is 4.84. The maximum atomic E-state index is 4.84. The number of rotatable bonds is 2. The molecule has 5 heavy (non-hydrogen) atoms. The molecule has 0 saturated heterocycles. The summed E-state index contributed by atoms with van der Waals surface area (Å²) in [4.78, 5) is 0. The van der Waals surface area contributed by atoms with Crippen LogP contribution >= 0.6 is 9.29 Å². The van der Waals surface area contributed by atoms with Crippen molar-refractivity contribution < 1.29 is 0 Å². The molecule has 0 rings (SSSR count). The molecule has 0 unspecified atom stereocenters. The summed E-state index contributed by atoms with van der Waals surface area (Å²) in [7, 11) is 4.84. The normalized spacial score (nSPS) is 7.40. The van der Waals surface area contributed by atoms with Crippen LogP contribution in [-0.4, -0.2) is 19.2 Å². The van der Waals surface area contributed by atoms with Crippen molar-refractivity contribution in [1.29, 1.82) is 0 Å². The van der Waals surface area contributed by atoms with Crippen LogP contribution < -0.4 is 0 Å². The Morgan fingerprint density at radius 2 is 2.40 bits per heavy atom. The quantitative estimate of drug-likeness (QED) is 0.599. The first-order chi connectivity index (χ1) is 2.41. The minimum atomic E-state index is -0.345. The molecule has 0 bridgehead atoms. The molecule has 0 fully saturated rings. The monoisotopic (exact) mass is 196 g/mol. The predicted octanol–water partition coefficient (Wildman–Crippen LogP) is 1.36. The van der Waals surface area contributed by atoms with E-state index in [9.17, 15) is 0 Å². The first-order valence-electron chi connectivity index (χ1n) is 1.85. The van der Waals surface area contributed by atoms with Crippen molar-refractivity contribution in [3.63, 3.8) is 0 Å². The van der Waals surface area contributed by atoms with Gasteiger partial charge in [-0.25, -0.2) is 0 Å². The van der Waals surface area contributed by atoms with Gasteiger partial charge in [-0.3, -0.25) is 0 Å². The van der Waals surface area contributed by atoms with Gasteiger partial charge in [0.05, 0.1) is 0 Å². The van der Waals surface area contributed by atoms with Gasteiger partial charge in [0.2, 0.25) is 0 Å². The third-order valence-electron chi connectivity index (χ3n) is 0.407. The molecule has 0 aliphatic carbocycles. The summed E-state index contributed by atoms with van der Waals surface area (Å²) in [6.45, 7) is 2.19. The van der Waals surface area contributed by atoms with Crippen LogP contribution in [0.4, 0.5) is 0 Å². The second-order valence-corrected chi connectivity index (χ2v) is 5.79. The fraction of sp³-hybridized carbons (Fsp3) is 1.00. The molecular formula is C3H8SSn. The van der Waals surface area contributed by atoms with Gasteiger partial charge in [0.25, 0.3) is 0 Å². The Bertz CT molecular complexity index is 28.1. The molecule has 0 aliphatic rings. The van der Waals surface area contributed by atoms with Crippen LogP contribution in [-0.2, 0) is 0 Å². The Hall–Kier alpha value is 1.02. The molecule has 0 atom stereocenters. The Labute approximate surface area is 46.3 Å². The molecular weight excluding hydrogens is 187 g/mol. The van der Waals surface area contributed by atoms with Crippen molar-refractivity contribution in [2.75, 3.05) is 0 Å². The molecule has 0 heterocycles. The average Bonchev–Trinajstić information content (AvgIpc) is 1.41. The first-order valence-corrected chi connectivity index (χ1v) is 8.69. The van der Waals surface area contributed by atoms with E-state index < -0.39 is 0 Å². The fourth-order valence-corrected chi connectivity index (χ4v) is 2.37. The van der Waals surface area contributed by atoms with E-state index in [1.807, 2.05) is 0 Å². The van der Waals surface area contributed by atoms with Crippen LogP contribution in [0.3, 0.4) is 0 Å². The van der Waals surface area contributed by atoms with Crippen LogP contribution in [0.5, 0.6) is 0 Å². The van der Waals surface area contributed by atoms with E-state index in [1.165, 1.54) is 10.9 Å². The average molecular weight is 195 g/mol. The molecule has 0 N–H and O–H groups in total. The number of hydrogen-bond donors (Lipinski definition) is 0. The van der Waals surface area contributed by atoms with E-state index in [-0.39, 0.29) is 19.2 Å². The zero-order chi connectivity index (χ0) is 4.12. The van der Waals surface area contributed by atoms with Gasteiger partial charge < -0.3 is 0 Å². The summed E-state index contributed by atoms with van der Waals surface area (Å²) in [6, 6.07) is 0. The Kier molecular flexibility index (Phi) is 6.04. The van der Waals surface area contributed by atoms with Crippen molar-refractivity contribution in [3.05, 3.63) is 0 Å². The van der Waals surface area contributed by atoms with Gasteiger partial charge >= 0.3 is 46.3 Å².